The van der Waals surface area contributed by atoms with Gasteiger partial charge in [0.2, 0.25) is 0 Å². The molecule has 2 atom stereocenters. The van der Waals surface area contributed by atoms with E-state index in [1.165, 1.54) is 28.3 Å². The quantitative estimate of drug-likeness (QED) is 0.603. The van der Waals surface area contributed by atoms with Crippen LogP contribution in [0.5, 0.6) is 0 Å². The maximum atomic E-state index is 2.41. The molecule has 0 heterocycles. The highest BCUT2D eigenvalue weighted by Crippen LogP contribution is 2.53. The molecule has 0 aliphatic heterocycles. The summed E-state index contributed by atoms with van der Waals surface area (Å²) in [6, 6.07) is 11.4. The van der Waals surface area contributed by atoms with E-state index in [0.29, 0.717) is 0 Å². The van der Waals surface area contributed by atoms with E-state index in [9.17, 15) is 0 Å². The first-order chi connectivity index (χ1) is 7.83. The fourth-order valence-electron chi connectivity index (χ4n) is 2.99. The van der Waals surface area contributed by atoms with E-state index in [1.807, 2.05) is 0 Å². The normalized spacial score (nSPS) is 25.3. The predicted octanol–water partition coefficient (Wildman–Crippen LogP) is 4.28. The van der Waals surface area contributed by atoms with Crippen molar-refractivity contribution in [3.05, 3.63) is 53.1 Å². The molecule has 0 aromatic heterocycles. The Kier molecular flexibility index (Phi) is 1.48. The molecule has 0 heteroatoms. The maximum absolute atomic E-state index is 2.41. The Labute approximate surface area is 95.6 Å². The fourth-order valence-corrected chi connectivity index (χ4v) is 2.99. The average Bonchev–Trinajstić information content (AvgIpc) is 3.07. The molecule has 0 saturated heterocycles. The molecule has 4 rings (SSSR count). The van der Waals surface area contributed by atoms with Gasteiger partial charge in [0.15, 0.2) is 0 Å². The summed E-state index contributed by atoms with van der Waals surface area (Å²) in [5, 5.41) is 2.81. The molecule has 0 radical (unpaired) electrons. The predicted molar refractivity (Wildman–Crippen MR) is 68.6 cm³/mol. The zero-order chi connectivity index (χ0) is 10.7. The van der Waals surface area contributed by atoms with E-state index in [2.05, 4.69) is 49.4 Å². The summed E-state index contributed by atoms with van der Waals surface area (Å²) in [5.74, 6) is 1.67. The van der Waals surface area contributed by atoms with Crippen molar-refractivity contribution in [2.45, 2.75) is 19.3 Å². The highest BCUT2D eigenvalue weighted by molar-refractivity contribution is 5.89. The van der Waals surface area contributed by atoms with Crippen LogP contribution in [0.2, 0.25) is 0 Å². The van der Waals surface area contributed by atoms with Crippen molar-refractivity contribution >= 4 is 16.8 Å². The average molecular weight is 206 g/mol. The van der Waals surface area contributed by atoms with Crippen molar-refractivity contribution in [2.24, 2.45) is 5.92 Å². The molecule has 16 heavy (non-hydrogen) atoms. The number of benzene rings is 2. The van der Waals surface area contributed by atoms with Gasteiger partial charge in [-0.2, -0.15) is 0 Å². The molecule has 0 spiro atoms. The van der Waals surface area contributed by atoms with Gasteiger partial charge in [-0.15, -0.1) is 0 Å². The summed E-state index contributed by atoms with van der Waals surface area (Å²) in [5.41, 5.74) is 4.40. The van der Waals surface area contributed by atoms with Gasteiger partial charge in [-0.05, 0) is 58.7 Å². The van der Waals surface area contributed by atoms with Crippen LogP contribution in [-0.2, 0) is 0 Å². The van der Waals surface area contributed by atoms with Crippen molar-refractivity contribution in [3.63, 3.8) is 0 Å². The Balaban J connectivity index is 2.08. The topological polar surface area (TPSA) is 0 Å². The zero-order valence-electron chi connectivity index (χ0n) is 9.40. The summed E-state index contributed by atoms with van der Waals surface area (Å²) in [6.07, 6.45) is 6.06. The lowest BCUT2D eigenvalue weighted by atomic mass is 9.92. The molecule has 1 saturated carbocycles. The Morgan fingerprint density at radius 3 is 3.06 bits per heavy atom. The summed E-state index contributed by atoms with van der Waals surface area (Å²) in [4.78, 5) is 0. The van der Waals surface area contributed by atoms with Gasteiger partial charge < -0.3 is 0 Å². The van der Waals surface area contributed by atoms with E-state index in [1.54, 1.807) is 5.56 Å². The van der Waals surface area contributed by atoms with Crippen LogP contribution in [-0.4, -0.2) is 0 Å². The Bertz CT molecular complexity index is 619. The lowest BCUT2D eigenvalue weighted by Crippen LogP contribution is -1.93. The third-order valence-electron chi connectivity index (χ3n) is 4.06. The molecule has 0 bridgehead atoms. The number of fused-ring (bicyclic) bond motifs is 4. The monoisotopic (exact) mass is 206 g/mol. The van der Waals surface area contributed by atoms with Crippen molar-refractivity contribution in [2.75, 3.05) is 0 Å². The van der Waals surface area contributed by atoms with Crippen molar-refractivity contribution in [1.29, 1.82) is 0 Å². The third kappa shape index (κ3) is 1.05. The molecule has 0 nitrogen and oxygen atoms in total. The second kappa shape index (κ2) is 2.76. The van der Waals surface area contributed by atoms with Crippen LogP contribution in [0, 0.1) is 12.8 Å². The Morgan fingerprint density at radius 2 is 2.12 bits per heavy atom. The van der Waals surface area contributed by atoms with Gasteiger partial charge in [-0.3, -0.25) is 0 Å². The number of hydrogen-bond donors (Lipinski definition) is 0. The van der Waals surface area contributed by atoms with Crippen LogP contribution < -0.4 is 0 Å². The number of allylic oxidation sites excluding steroid dienone is 1. The van der Waals surface area contributed by atoms with Gasteiger partial charge in [0, 0.05) is 0 Å². The van der Waals surface area contributed by atoms with E-state index in [4.69, 9.17) is 0 Å². The molecule has 2 unspecified atom stereocenters. The van der Waals surface area contributed by atoms with Gasteiger partial charge in [-0.25, -0.2) is 0 Å². The van der Waals surface area contributed by atoms with Gasteiger partial charge >= 0.3 is 0 Å². The zero-order valence-corrected chi connectivity index (χ0v) is 9.40. The van der Waals surface area contributed by atoms with Crippen LogP contribution in [0.1, 0.15) is 29.0 Å². The van der Waals surface area contributed by atoms with E-state index >= 15 is 0 Å². The number of rotatable bonds is 0. The van der Waals surface area contributed by atoms with Gasteiger partial charge in [0.1, 0.15) is 0 Å². The maximum Gasteiger partial charge on any atom is -0.00867 e. The van der Waals surface area contributed by atoms with Crippen LogP contribution in [0.3, 0.4) is 0 Å². The minimum absolute atomic E-state index is 0.824. The molecule has 78 valence electrons. The first-order valence-corrected chi connectivity index (χ1v) is 6.04. The highest BCUT2D eigenvalue weighted by atomic mass is 14.4. The molecule has 2 aromatic carbocycles. The second-order valence-corrected chi connectivity index (χ2v) is 5.14. The summed E-state index contributed by atoms with van der Waals surface area (Å²) < 4.78 is 0. The smallest absolute Gasteiger partial charge is 0.00867 e. The minimum Gasteiger partial charge on any atom is -0.0802 e. The molecule has 0 amide bonds. The van der Waals surface area contributed by atoms with Gasteiger partial charge in [0.05, 0.1) is 0 Å². The van der Waals surface area contributed by atoms with Crippen LogP contribution in [0.25, 0.3) is 16.8 Å². The molecular weight excluding hydrogens is 192 g/mol. The van der Waals surface area contributed by atoms with Crippen LogP contribution in [0.4, 0.5) is 0 Å². The van der Waals surface area contributed by atoms with Crippen molar-refractivity contribution in [3.8, 4) is 0 Å². The molecule has 2 aliphatic rings. The lowest BCUT2D eigenvalue weighted by molar-refractivity contribution is 0.999. The standard InChI is InChI=1S/C16H14/c1-10-3-2-4-11-8-15-12(7-14(10)11)5-6-13-9-16(13)15/h2-8,13,16H,9H2,1H3. The first-order valence-electron chi connectivity index (χ1n) is 6.04. The summed E-state index contributed by atoms with van der Waals surface area (Å²) in [6.45, 7) is 2.20. The van der Waals surface area contributed by atoms with Crippen LogP contribution in [0.15, 0.2) is 36.4 Å². The summed E-state index contributed by atoms with van der Waals surface area (Å²) in [7, 11) is 0. The Morgan fingerprint density at radius 1 is 1.19 bits per heavy atom. The largest absolute Gasteiger partial charge is 0.0802 e. The van der Waals surface area contributed by atoms with E-state index in [-0.39, 0.29) is 0 Å². The van der Waals surface area contributed by atoms with Gasteiger partial charge in [0.25, 0.3) is 0 Å². The fraction of sp³-hybridized carbons (Fsp3) is 0.250. The molecule has 2 aliphatic carbocycles. The number of aryl methyl sites for hydroxylation is 1. The highest BCUT2D eigenvalue weighted by Gasteiger charge is 2.39. The van der Waals surface area contributed by atoms with E-state index in [0.717, 1.165) is 11.8 Å². The Hall–Kier alpha value is -1.56. The SMILES string of the molecule is Cc1cccc2cc3c(cc12)C=CC1CC31. The molecule has 2 aromatic rings. The number of hydrogen-bond acceptors (Lipinski definition) is 0. The second-order valence-electron chi connectivity index (χ2n) is 5.14. The minimum atomic E-state index is 0.824. The molecule has 0 N–H and O–H groups in total. The van der Waals surface area contributed by atoms with Crippen molar-refractivity contribution < 1.29 is 0 Å². The van der Waals surface area contributed by atoms with Crippen LogP contribution >= 0.6 is 0 Å². The van der Waals surface area contributed by atoms with Gasteiger partial charge in [-0.1, -0.05) is 36.4 Å². The van der Waals surface area contributed by atoms with E-state index < -0.39 is 0 Å². The van der Waals surface area contributed by atoms with Crippen molar-refractivity contribution in [1.82, 2.24) is 0 Å². The third-order valence-corrected chi connectivity index (χ3v) is 4.06. The summed E-state index contributed by atoms with van der Waals surface area (Å²) >= 11 is 0. The molecular formula is C16H14. The molecule has 1 fully saturated rings. The first kappa shape index (κ1) is 8.58. The lowest BCUT2D eigenvalue weighted by Gasteiger charge is -2.12.